The summed E-state index contributed by atoms with van der Waals surface area (Å²) < 4.78 is 251. The van der Waals surface area contributed by atoms with Crippen molar-refractivity contribution in [3.63, 3.8) is 0 Å². The van der Waals surface area contributed by atoms with Gasteiger partial charge in [0.1, 0.15) is 0 Å². The fourth-order valence-corrected chi connectivity index (χ4v) is 12.1. The molecule has 9 aromatic heterocycles. The second kappa shape index (κ2) is 38.8. The van der Waals surface area contributed by atoms with Gasteiger partial charge in [0.25, 0.3) is 0 Å². The third-order valence-electron chi connectivity index (χ3n) is 16.0. The van der Waals surface area contributed by atoms with Gasteiger partial charge in [0.05, 0.1) is 0 Å². The molecule has 6 N–H and O–H groups in total. The molecule has 632 valence electrons. The Morgan fingerprint density at radius 1 is 0.385 bits per heavy atom. The molecule has 0 unspecified atom stereocenters. The van der Waals surface area contributed by atoms with Crippen LogP contribution in [0.3, 0.4) is 0 Å². The molecule has 0 aliphatic rings. The number of alkyl halides is 18. The molecular formula is C63H42Ca3Cl3F18N24O10P. The van der Waals surface area contributed by atoms with Crippen LogP contribution in [0.15, 0.2) is 142 Å². The van der Waals surface area contributed by atoms with Gasteiger partial charge in [0, 0.05) is 0 Å². The number of aromatic nitrogens is 21. The van der Waals surface area contributed by atoms with Gasteiger partial charge in [-0.3, -0.25) is 0 Å². The normalized spacial score (nSPS) is 13.0. The predicted molar refractivity (Wildman–Crippen MR) is 380 cm³/mol. The summed E-state index contributed by atoms with van der Waals surface area (Å²) in [5.41, 5.74) is 10.1. The number of hydrogen-bond acceptors (Lipinski definition) is 22. The first-order chi connectivity index (χ1) is 56.5. The number of benzene rings is 3. The van der Waals surface area contributed by atoms with Crippen molar-refractivity contribution in [2.45, 2.75) is 82.4 Å². The Kier molecular flexibility index (Phi) is 30.9. The third-order valence-corrected chi connectivity index (χ3v) is 20.2. The van der Waals surface area contributed by atoms with E-state index < -0.39 is 177 Å². The molecule has 0 aliphatic carbocycles. The molecule has 0 spiro atoms. The van der Waals surface area contributed by atoms with Crippen LogP contribution >= 0.6 is 42.6 Å². The Labute approximate surface area is 752 Å². The summed E-state index contributed by atoms with van der Waals surface area (Å²) in [6.07, 6.45) is -25.2. The summed E-state index contributed by atoms with van der Waals surface area (Å²) in [4.78, 5) is 123. The molecule has 3 amide bonds. The van der Waals surface area contributed by atoms with Crippen molar-refractivity contribution in [2.24, 2.45) is 17.2 Å². The van der Waals surface area contributed by atoms with E-state index in [0.717, 1.165) is 64.5 Å². The molecule has 0 aliphatic heterocycles. The third kappa shape index (κ3) is 24.6. The number of rotatable bonds is 21. The number of nitrogens with two attached hydrogens (primary N) is 3. The van der Waals surface area contributed by atoms with E-state index in [-0.39, 0.29) is 159 Å². The number of hydrogen-bond donors (Lipinski definition) is 3. The van der Waals surface area contributed by atoms with Crippen molar-refractivity contribution >= 4 is 168 Å². The summed E-state index contributed by atoms with van der Waals surface area (Å²) in [5, 5.41) is 25.0. The number of primary amides is 3. The minimum Gasteiger partial charge on any atom is -0.822 e. The topological polar surface area (TPSA) is 466 Å². The minimum atomic E-state index is -5.39. The van der Waals surface area contributed by atoms with Crippen LogP contribution in [-0.2, 0) is 62.4 Å². The van der Waals surface area contributed by atoms with Crippen molar-refractivity contribution < 1.29 is 113 Å². The molecule has 12 rings (SSSR count). The van der Waals surface area contributed by atoms with Crippen LogP contribution in [0.5, 0.6) is 0 Å². The maximum atomic E-state index is 13.5. The number of carbonyl (C=O) groups excluding carboxylic acids is 3. The van der Waals surface area contributed by atoms with Crippen LogP contribution in [0, 0.1) is 0 Å². The van der Waals surface area contributed by atoms with Gasteiger partial charge in [0.15, 0.2) is 0 Å². The summed E-state index contributed by atoms with van der Waals surface area (Å²) in [6, 6.07) is 22.7. The molecule has 59 heteroatoms. The quantitative estimate of drug-likeness (QED) is 0.0406. The van der Waals surface area contributed by atoms with Crippen molar-refractivity contribution in [1.82, 2.24) is 102 Å². The Hall–Kier alpha value is -8.74. The maximum absolute atomic E-state index is 13.5. The average Bonchev–Trinajstić information content (AvgIpc) is 1.64. The molecular weight excluding hydrogens is 1850 g/mol. The van der Waals surface area contributed by atoms with E-state index in [1.165, 1.54) is 72.8 Å². The zero-order valence-corrected chi connectivity index (χ0v) is 70.1. The first kappa shape index (κ1) is 97.1. The van der Waals surface area contributed by atoms with Crippen molar-refractivity contribution in [3.05, 3.63) is 226 Å². The van der Waals surface area contributed by atoms with Gasteiger partial charge in [-0.15, -0.1) is 0 Å². The van der Waals surface area contributed by atoms with Crippen molar-refractivity contribution in [1.29, 1.82) is 0 Å². The van der Waals surface area contributed by atoms with Crippen LogP contribution < -0.4 is 49.0 Å². The Balaban J connectivity index is 0.000000202. The van der Waals surface area contributed by atoms with E-state index in [4.69, 9.17) is 71.2 Å². The predicted octanol–water partition coefficient (Wildman–Crippen LogP) is 6.25. The van der Waals surface area contributed by atoms with Gasteiger partial charge < -0.3 is 19.2 Å². The summed E-state index contributed by atoms with van der Waals surface area (Å²) in [6.45, 7) is -3.99. The van der Waals surface area contributed by atoms with E-state index in [0.29, 0.717) is 47.3 Å². The van der Waals surface area contributed by atoms with Gasteiger partial charge >= 0.3 is 675 Å². The molecule has 0 radical (unpaired) electrons. The zero-order valence-electron chi connectivity index (χ0n) is 60.3. The Morgan fingerprint density at radius 3 is 0.787 bits per heavy atom. The minimum absolute atomic E-state index is 0.113. The van der Waals surface area contributed by atoms with Crippen LogP contribution in [0.4, 0.5) is 79.0 Å². The Bertz CT molecular complexity index is 5500. The second-order valence-electron chi connectivity index (χ2n) is 24.8. The monoisotopic (exact) mass is 1890 g/mol. The van der Waals surface area contributed by atoms with E-state index in [9.17, 15) is 108 Å². The first-order valence-corrected chi connectivity index (χ1v) is 39.5. The smallest absolute Gasteiger partial charge is 0.822 e. The van der Waals surface area contributed by atoms with Gasteiger partial charge in [0.2, 0.25) is 0 Å². The van der Waals surface area contributed by atoms with Crippen LogP contribution in [0.1, 0.15) is 66.0 Å². The van der Waals surface area contributed by atoms with E-state index in [1.54, 1.807) is 0 Å². The van der Waals surface area contributed by atoms with Crippen molar-refractivity contribution in [2.75, 3.05) is 0 Å². The molecule has 0 saturated carbocycles. The summed E-state index contributed by atoms with van der Waals surface area (Å²) >= 11 is 17.1. The average molecular weight is 1890 g/mol. The fourth-order valence-electron chi connectivity index (χ4n) is 10.5. The number of phosphoric acid groups is 1. The SMILES string of the molecule is NC(=O)c1nc(Cn2nc(-c3ccc(Cl)cc3)n(C[C@H]([Ca+])C(F)(F)F)c2=O)nn1-c1ncccc1C(F)(F)F.NC(=O)c1nc(Cn2nc(-c3ccc(Cl)cc3)n(C[C@H]([Ca+])C(F)(F)F)c2=O)nn1-c1ncccc1C(F)(F)F.NC(=O)c1nc(Cn2nc(-c3ccc(Cl)cc3)n(C[C@H]([Ca+])C(F)(F)F)c2=O)nn1-c1ncccc1C(F)(F)F.O=P([O-])([O-])[O-]. The molecule has 0 bridgehead atoms. The number of pyridine rings is 3. The number of amides is 3. The van der Waals surface area contributed by atoms with Crippen molar-refractivity contribution in [3.8, 4) is 51.6 Å². The molecule has 9 heterocycles. The second-order valence-corrected chi connectivity index (χ2v) is 31.6. The summed E-state index contributed by atoms with van der Waals surface area (Å²) in [7, 11) is -5.39. The number of carbonyl (C=O) groups is 3. The number of nitrogens with zero attached hydrogens (tertiary/aromatic N) is 21. The molecule has 3 aromatic carbocycles. The van der Waals surface area contributed by atoms with E-state index in [2.05, 4.69) is 60.5 Å². The van der Waals surface area contributed by atoms with E-state index >= 15 is 0 Å². The Morgan fingerprint density at radius 2 is 0.598 bits per heavy atom. The molecule has 0 saturated heterocycles. The van der Waals surface area contributed by atoms with Gasteiger partial charge in [-0.25, -0.2) is 0 Å². The van der Waals surface area contributed by atoms with Gasteiger partial charge in [-0.05, 0) is 18.2 Å². The van der Waals surface area contributed by atoms with E-state index in [1.807, 2.05) is 0 Å². The molecule has 0 fully saturated rings. The van der Waals surface area contributed by atoms with Gasteiger partial charge in [-0.2, -0.15) is 47.3 Å². The van der Waals surface area contributed by atoms with Crippen LogP contribution in [0.25, 0.3) is 51.6 Å². The van der Waals surface area contributed by atoms with Crippen LogP contribution in [-0.4, -0.2) is 246 Å². The molecule has 122 heavy (non-hydrogen) atoms. The zero-order chi connectivity index (χ0) is 90.6. The molecule has 3 atom stereocenters. The van der Waals surface area contributed by atoms with Crippen LogP contribution in [0.2, 0.25) is 21.1 Å². The molecule has 34 nitrogen and oxygen atoms in total. The number of halogens is 21. The standard InChI is InChI=1S/3C21H14ClF6N8O2.3Ca.H3O4P/c3*22-12-5-3-11(4-6-12)16-33-35(19(38)34(16)9-7-20(23,24)25)10-14-31-18(15(29)37)36(32-14)17-13(21(26,27)28)2-1-8-30-17;;;;1-5(2,3)4/h3*1-8H,9-10H2,(H2,29,37);;;;(H3,1,2,3,4)/q;;;3*+1;/p-3. The van der Waals surface area contributed by atoms with Gasteiger partial charge in [-0.1, -0.05) is 0 Å². The fraction of sp³-hybridized carbons (Fsp3) is 0.238. The first-order valence-electron chi connectivity index (χ1n) is 33.1. The molecule has 12 aromatic rings. The summed E-state index contributed by atoms with van der Waals surface area (Å²) in [5.74, 6) is -9.67.